The van der Waals surface area contributed by atoms with E-state index in [9.17, 15) is 19.1 Å². The molecule has 0 spiro atoms. The molecule has 0 saturated carbocycles. The zero-order chi connectivity index (χ0) is 21.7. The number of amides is 1. The third-order valence-corrected chi connectivity index (χ3v) is 5.71. The van der Waals surface area contributed by atoms with Crippen LogP contribution in [0.25, 0.3) is 0 Å². The molecule has 9 heteroatoms. The van der Waals surface area contributed by atoms with E-state index >= 15 is 0 Å². The normalized spacial score (nSPS) is 17.8. The highest BCUT2D eigenvalue weighted by Gasteiger charge is 2.35. The number of carbonyl (C=O) groups excluding carboxylic acids is 1. The average Bonchev–Trinajstić information content (AvgIpc) is 2.74. The Hall–Kier alpha value is -3.07. The maximum atomic E-state index is 13.2. The molecule has 1 saturated heterocycles. The SMILES string of the molecule is COc1ccc(CCN2C(=O)C[C@H](C(=O)O)SC2=Nc2ccc(F)cc2)cc1OC. The molecular weight excluding hydrogens is 411 g/mol. The number of hydrogen-bond acceptors (Lipinski definition) is 6. The summed E-state index contributed by atoms with van der Waals surface area (Å²) in [5, 5.41) is 8.73. The molecule has 1 amide bonds. The Bertz CT molecular complexity index is 964. The molecule has 0 aromatic heterocycles. The van der Waals surface area contributed by atoms with Crippen molar-refractivity contribution in [3.8, 4) is 11.5 Å². The molecule has 3 rings (SSSR count). The van der Waals surface area contributed by atoms with E-state index in [-0.39, 0.29) is 17.5 Å². The molecular formula is C21H21FN2O5S. The van der Waals surface area contributed by atoms with Crippen LogP contribution in [0.4, 0.5) is 10.1 Å². The number of carboxylic acid groups (broad SMARTS) is 1. The van der Waals surface area contributed by atoms with Crippen molar-refractivity contribution in [1.82, 2.24) is 4.90 Å². The van der Waals surface area contributed by atoms with Crippen molar-refractivity contribution in [2.24, 2.45) is 4.99 Å². The van der Waals surface area contributed by atoms with Crippen molar-refractivity contribution in [1.29, 1.82) is 0 Å². The van der Waals surface area contributed by atoms with Gasteiger partial charge in [-0.1, -0.05) is 17.8 Å². The van der Waals surface area contributed by atoms with Crippen LogP contribution in [0.5, 0.6) is 11.5 Å². The van der Waals surface area contributed by atoms with Crippen molar-refractivity contribution in [2.75, 3.05) is 20.8 Å². The molecule has 2 aromatic rings. The number of ether oxygens (including phenoxy) is 2. The molecule has 1 fully saturated rings. The van der Waals surface area contributed by atoms with E-state index in [0.717, 1.165) is 17.3 Å². The molecule has 1 heterocycles. The number of amidine groups is 1. The van der Waals surface area contributed by atoms with Crippen LogP contribution in [0, 0.1) is 5.82 Å². The fourth-order valence-electron chi connectivity index (χ4n) is 2.96. The molecule has 1 N–H and O–H groups in total. The second-order valence-corrected chi connectivity index (χ2v) is 7.67. The molecule has 0 radical (unpaired) electrons. The van der Waals surface area contributed by atoms with Gasteiger partial charge in [-0.25, -0.2) is 9.38 Å². The zero-order valence-corrected chi connectivity index (χ0v) is 17.3. The van der Waals surface area contributed by atoms with Gasteiger partial charge in [0.1, 0.15) is 11.1 Å². The largest absolute Gasteiger partial charge is 0.493 e. The smallest absolute Gasteiger partial charge is 0.317 e. The number of rotatable bonds is 7. The van der Waals surface area contributed by atoms with Crippen LogP contribution < -0.4 is 9.47 Å². The number of halogens is 1. The monoisotopic (exact) mass is 432 g/mol. The molecule has 0 aliphatic carbocycles. The zero-order valence-electron chi connectivity index (χ0n) is 16.5. The molecule has 1 aliphatic rings. The fourth-order valence-corrected chi connectivity index (χ4v) is 4.02. The van der Waals surface area contributed by atoms with Crippen molar-refractivity contribution >= 4 is 34.5 Å². The van der Waals surface area contributed by atoms with Gasteiger partial charge in [-0.2, -0.15) is 0 Å². The van der Waals surface area contributed by atoms with E-state index in [4.69, 9.17) is 9.47 Å². The number of carbonyl (C=O) groups is 2. The summed E-state index contributed by atoms with van der Waals surface area (Å²) < 4.78 is 23.7. The number of nitrogens with zero attached hydrogens (tertiary/aromatic N) is 2. The Balaban J connectivity index is 1.83. The minimum absolute atomic E-state index is 0.117. The summed E-state index contributed by atoms with van der Waals surface area (Å²) in [6, 6.07) is 11.0. The van der Waals surface area contributed by atoms with E-state index in [2.05, 4.69) is 4.99 Å². The molecule has 0 unspecified atom stereocenters. The first-order valence-electron chi connectivity index (χ1n) is 9.16. The summed E-state index contributed by atoms with van der Waals surface area (Å²) in [6.45, 7) is 0.313. The number of hydrogen-bond donors (Lipinski definition) is 1. The van der Waals surface area contributed by atoms with E-state index in [1.165, 1.54) is 29.2 Å². The van der Waals surface area contributed by atoms with Crippen molar-refractivity contribution in [2.45, 2.75) is 18.1 Å². The third kappa shape index (κ3) is 5.10. The van der Waals surface area contributed by atoms with E-state index in [1.54, 1.807) is 20.3 Å². The standard InChI is InChI=1S/C21H21FN2O5S/c1-28-16-8-3-13(11-17(16)29-2)9-10-24-19(25)12-18(20(26)27)30-21(24)23-15-6-4-14(22)5-7-15/h3-8,11,18H,9-10,12H2,1-2H3,(H,26,27)/t18-/m1/s1. The van der Waals surface area contributed by atoms with Crippen molar-refractivity contribution in [3.05, 3.63) is 53.8 Å². The van der Waals surface area contributed by atoms with Gasteiger partial charge in [0.25, 0.3) is 0 Å². The van der Waals surface area contributed by atoms with Crippen LogP contribution >= 0.6 is 11.8 Å². The van der Waals surface area contributed by atoms with Crippen LogP contribution in [0.15, 0.2) is 47.5 Å². The van der Waals surface area contributed by atoms with E-state index in [1.807, 2.05) is 12.1 Å². The number of methoxy groups -OCH3 is 2. The van der Waals surface area contributed by atoms with E-state index in [0.29, 0.717) is 30.2 Å². The summed E-state index contributed by atoms with van der Waals surface area (Å²) in [6.07, 6.45) is 0.390. The van der Waals surface area contributed by atoms with E-state index < -0.39 is 17.0 Å². The number of aliphatic imine (C=N–C) groups is 1. The van der Waals surface area contributed by atoms with Crippen molar-refractivity contribution in [3.63, 3.8) is 0 Å². The van der Waals surface area contributed by atoms with Gasteiger partial charge in [0.15, 0.2) is 16.7 Å². The summed E-state index contributed by atoms with van der Waals surface area (Å²) >= 11 is 1.02. The first-order valence-corrected chi connectivity index (χ1v) is 10.0. The molecule has 158 valence electrons. The van der Waals surface area contributed by atoms with Crippen LogP contribution in [-0.4, -0.2) is 53.1 Å². The third-order valence-electron chi connectivity index (χ3n) is 4.54. The van der Waals surface area contributed by atoms with Crippen LogP contribution in [0.1, 0.15) is 12.0 Å². The lowest BCUT2D eigenvalue weighted by atomic mass is 10.1. The molecule has 0 bridgehead atoms. The number of benzene rings is 2. The molecule has 30 heavy (non-hydrogen) atoms. The van der Waals surface area contributed by atoms with Gasteiger partial charge >= 0.3 is 5.97 Å². The van der Waals surface area contributed by atoms with Crippen LogP contribution in [0.2, 0.25) is 0 Å². The predicted octanol–water partition coefficient (Wildman–Crippen LogP) is 3.49. The second-order valence-electron chi connectivity index (χ2n) is 6.50. The van der Waals surface area contributed by atoms with Gasteiger partial charge in [0.2, 0.25) is 5.91 Å². The number of carboxylic acids is 1. The average molecular weight is 432 g/mol. The second kappa shape index (κ2) is 9.62. The lowest BCUT2D eigenvalue weighted by Gasteiger charge is -2.30. The summed E-state index contributed by atoms with van der Waals surface area (Å²) in [5.41, 5.74) is 1.36. The minimum Gasteiger partial charge on any atom is -0.493 e. The van der Waals surface area contributed by atoms with Gasteiger partial charge in [0, 0.05) is 6.54 Å². The van der Waals surface area contributed by atoms with Crippen LogP contribution in [-0.2, 0) is 16.0 Å². The Labute approximate surface area is 177 Å². The van der Waals surface area contributed by atoms with Crippen molar-refractivity contribution < 1.29 is 28.6 Å². The molecule has 2 aromatic carbocycles. The molecule has 7 nitrogen and oxygen atoms in total. The number of aliphatic carboxylic acids is 1. The number of thioether (sulfide) groups is 1. The summed E-state index contributed by atoms with van der Waals surface area (Å²) in [5.74, 6) is -0.601. The minimum atomic E-state index is -1.07. The van der Waals surface area contributed by atoms with Gasteiger partial charge in [-0.3, -0.25) is 14.5 Å². The summed E-state index contributed by atoms with van der Waals surface area (Å²) in [4.78, 5) is 30.0. The first kappa shape index (κ1) is 21.6. The maximum absolute atomic E-state index is 13.2. The Morgan fingerprint density at radius 1 is 1.20 bits per heavy atom. The Morgan fingerprint density at radius 3 is 2.53 bits per heavy atom. The quantitative estimate of drug-likeness (QED) is 0.721. The molecule has 1 aliphatic heterocycles. The van der Waals surface area contributed by atoms with Gasteiger partial charge < -0.3 is 14.6 Å². The lowest BCUT2D eigenvalue weighted by Crippen LogP contribution is -2.44. The van der Waals surface area contributed by atoms with Gasteiger partial charge in [-0.05, 0) is 48.4 Å². The molecule has 1 atom stereocenters. The predicted molar refractivity (Wildman–Crippen MR) is 112 cm³/mol. The Kier molecular flexibility index (Phi) is 6.94. The highest BCUT2D eigenvalue weighted by atomic mass is 32.2. The van der Waals surface area contributed by atoms with Gasteiger partial charge in [-0.15, -0.1) is 0 Å². The topological polar surface area (TPSA) is 88.4 Å². The first-order chi connectivity index (χ1) is 14.4. The highest BCUT2D eigenvalue weighted by Crippen LogP contribution is 2.31. The van der Waals surface area contributed by atoms with Gasteiger partial charge in [0.05, 0.1) is 26.3 Å². The Morgan fingerprint density at radius 2 is 1.90 bits per heavy atom. The maximum Gasteiger partial charge on any atom is 0.317 e. The summed E-state index contributed by atoms with van der Waals surface area (Å²) in [7, 11) is 3.10. The fraction of sp³-hybridized carbons (Fsp3) is 0.286. The highest BCUT2D eigenvalue weighted by molar-refractivity contribution is 8.15. The lowest BCUT2D eigenvalue weighted by molar-refractivity contribution is -0.139. The van der Waals surface area contributed by atoms with Crippen LogP contribution in [0.3, 0.4) is 0 Å².